The van der Waals surface area contributed by atoms with Crippen molar-refractivity contribution in [2.24, 2.45) is 5.73 Å². The Morgan fingerprint density at radius 2 is 2.29 bits per heavy atom. The number of aromatic nitrogens is 1. The molecule has 1 aromatic rings. The van der Waals surface area contributed by atoms with Gasteiger partial charge in [0.25, 0.3) is 0 Å². The van der Waals surface area contributed by atoms with Gasteiger partial charge in [-0.1, -0.05) is 6.92 Å². The Balaban J connectivity index is 2.79. The maximum absolute atomic E-state index is 11.7. The largest absolute Gasteiger partial charge is 0.473 e. The molecule has 1 amide bonds. The fraction of sp³-hybridized carbons (Fsp3) is 0.500. The van der Waals surface area contributed by atoms with Crippen molar-refractivity contribution in [1.29, 1.82) is 0 Å². The number of carbonyl (C=O) groups is 1. The predicted octanol–water partition coefficient (Wildman–Crippen LogP) is 1.54. The quantitative estimate of drug-likeness (QED) is 0.814. The van der Waals surface area contributed by atoms with E-state index in [1.54, 1.807) is 18.3 Å². The van der Waals surface area contributed by atoms with Crippen molar-refractivity contribution in [3.05, 3.63) is 18.3 Å². The molecular formula is C12H19N3O2. The number of pyridine rings is 1. The molecule has 0 fully saturated rings. The molecule has 0 saturated heterocycles. The monoisotopic (exact) mass is 237 g/mol. The second-order valence-electron chi connectivity index (χ2n) is 4.03. The number of hydrogen-bond acceptors (Lipinski definition) is 4. The minimum atomic E-state index is -0.512. The highest BCUT2D eigenvalue weighted by atomic mass is 16.5. The zero-order valence-electron chi connectivity index (χ0n) is 10.4. The van der Waals surface area contributed by atoms with Gasteiger partial charge in [-0.05, 0) is 32.4 Å². The van der Waals surface area contributed by atoms with Crippen LogP contribution >= 0.6 is 0 Å². The van der Waals surface area contributed by atoms with Crippen LogP contribution in [0.1, 0.15) is 27.2 Å². The summed E-state index contributed by atoms with van der Waals surface area (Å²) in [5.41, 5.74) is 6.19. The van der Waals surface area contributed by atoms with Gasteiger partial charge in [0.1, 0.15) is 5.69 Å². The molecule has 0 unspecified atom stereocenters. The van der Waals surface area contributed by atoms with Gasteiger partial charge in [0, 0.05) is 6.20 Å². The number of rotatable bonds is 5. The first-order valence-corrected chi connectivity index (χ1v) is 5.72. The number of hydrogen-bond donors (Lipinski definition) is 2. The molecule has 0 saturated carbocycles. The maximum atomic E-state index is 11.7. The van der Waals surface area contributed by atoms with E-state index in [-0.39, 0.29) is 12.0 Å². The van der Waals surface area contributed by atoms with Crippen molar-refractivity contribution in [3.63, 3.8) is 0 Å². The number of carbonyl (C=O) groups excluding carboxylic acids is 1. The van der Waals surface area contributed by atoms with Crippen LogP contribution in [0.4, 0.5) is 5.69 Å². The van der Waals surface area contributed by atoms with E-state index in [1.165, 1.54) is 0 Å². The summed E-state index contributed by atoms with van der Waals surface area (Å²) in [4.78, 5) is 15.7. The lowest BCUT2D eigenvalue weighted by atomic mass is 10.2. The van der Waals surface area contributed by atoms with Crippen molar-refractivity contribution in [2.45, 2.75) is 39.3 Å². The van der Waals surface area contributed by atoms with Crippen LogP contribution in [0.15, 0.2) is 18.3 Å². The van der Waals surface area contributed by atoms with E-state index in [0.29, 0.717) is 18.0 Å². The molecule has 1 heterocycles. The van der Waals surface area contributed by atoms with E-state index in [4.69, 9.17) is 10.5 Å². The van der Waals surface area contributed by atoms with Gasteiger partial charge in [0.15, 0.2) is 0 Å². The van der Waals surface area contributed by atoms with Crippen LogP contribution < -0.4 is 15.8 Å². The molecule has 0 aromatic carbocycles. The molecule has 17 heavy (non-hydrogen) atoms. The third-order valence-corrected chi connectivity index (χ3v) is 2.15. The summed E-state index contributed by atoms with van der Waals surface area (Å²) >= 11 is 0. The van der Waals surface area contributed by atoms with E-state index in [1.807, 2.05) is 20.8 Å². The Kier molecular flexibility index (Phi) is 4.90. The first-order valence-electron chi connectivity index (χ1n) is 5.72. The van der Waals surface area contributed by atoms with Crippen LogP contribution in [-0.2, 0) is 4.79 Å². The molecule has 94 valence electrons. The van der Waals surface area contributed by atoms with Gasteiger partial charge in [-0.15, -0.1) is 0 Å². The third kappa shape index (κ3) is 4.03. The highest BCUT2D eigenvalue weighted by molar-refractivity contribution is 5.95. The van der Waals surface area contributed by atoms with E-state index >= 15 is 0 Å². The highest BCUT2D eigenvalue weighted by Gasteiger charge is 2.14. The third-order valence-electron chi connectivity index (χ3n) is 2.15. The Hall–Kier alpha value is -1.62. The average Bonchev–Trinajstić information content (AvgIpc) is 2.29. The van der Waals surface area contributed by atoms with Crippen LogP contribution in [0.25, 0.3) is 0 Å². The van der Waals surface area contributed by atoms with Gasteiger partial charge in [-0.2, -0.15) is 0 Å². The standard InChI is InChI=1S/C12H19N3O2/c1-4-9(13)11(16)15-10-6-5-7-14-12(10)17-8(2)3/h5-9H,4,13H2,1-3H3,(H,15,16)/t9-/m1/s1. The van der Waals surface area contributed by atoms with Crippen LogP contribution in [0.3, 0.4) is 0 Å². The van der Waals surface area contributed by atoms with Crippen LogP contribution in [0.5, 0.6) is 5.88 Å². The predicted molar refractivity (Wildman–Crippen MR) is 66.9 cm³/mol. The van der Waals surface area contributed by atoms with Gasteiger partial charge < -0.3 is 15.8 Å². The maximum Gasteiger partial charge on any atom is 0.241 e. The summed E-state index contributed by atoms with van der Waals surface area (Å²) < 4.78 is 5.49. The Morgan fingerprint density at radius 1 is 1.59 bits per heavy atom. The van der Waals surface area contributed by atoms with Gasteiger partial charge >= 0.3 is 0 Å². The number of anilines is 1. The number of nitrogens with one attached hydrogen (secondary N) is 1. The van der Waals surface area contributed by atoms with Gasteiger partial charge in [0.05, 0.1) is 12.1 Å². The molecule has 0 radical (unpaired) electrons. The normalized spacial score (nSPS) is 12.3. The lowest BCUT2D eigenvalue weighted by Crippen LogP contribution is -2.35. The minimum absolute atomic E-state index is 0.000371. The fourth-order valence-electron chi connectivity index (χ4n) is 1.21. The van der Waals surface area contributed by atoms with E-state index < -0.39 is 6.04 Å². The molecule has 0 spiro atoms. The lowest BCUT2D eigenvalue weighted by Gasteiger charge is -2.15. The van der Waals surface area contributed by atoms with Crippen LogP contribution in [0, 0.1) is 0 Å². The fourth-order valence-corrected chi connectivity index (χ4v) is 1.21. The lowest BCUT2D eigenvalue weighted by molar-refractivity contribution is -0.117. The second kappa shape index (κ2) is 6.20. The van der Waals surface area contributed by atoms with Crippen LogP contribution in [-0.4, -0.2) is 23.0 Å². The first-order chi connectivity index (χ1) is 8.04. The topological polar surface area (TPSA) is 77.2 Å². The summed E-state index contributed by atoms with van der Waals surface area (Å²) in [5.74, 6) is 0.188. The van der Waals surface area contributed by atoms with Crippen molar-refractivity contribution in [1.82, 2.24) is 4.98 Å². The van der Waals surface area contributed by atoms with Gasteiger partial charge in [-0.25, -0.2) is 4.98 Å². The van der Waals surface area contributed by atoms with E-state index in [2.05, 4.69) is 10.3 Å². The minimum Gasteiger partial charge on any atom is -0.473 e. The summed E-state index contributed by atoms with van der Waals surface area (Å²) in [7, 11) is 0. The number of nitrogens with zero attached hydrogens (tertiary/aromatic N) is 1. The summed E-state index contributed by atoms with van der Waals surface area (Å²) in [6.07, 6.45) is 2.21. The summed E-state index contributed by atoms with van der Waals surface area (Å²) in [6, 6.07) is 2.97. The Labute approximate surface area is 101 Å². The zero-order valence-corrected chi connectivity index (χ0v) is 10.4. The average molecular weight is 237 g/mol. The van der Waals surface area contributed by atoms with Crippen molar-refractivity contribution in [2.75, 3.05) is 5.32 Å². The van der Waals surface area contributed by atoms with E-state index in [0.717, 1.165) is 0 Å². The van der Waals surface area contributed by atoms with Crippen molar-refractivity contribution in [3.8, 4) is 5.88 Å². The number of nitrogens with two attached hydrogens (primary N) is 1. The molecule has 0 aliphatic carbocycles. The molecule has 5 heteroatoms. The molecule has 0 aliphatic rings. The van der Waals surface area contributed by atoms with E-state index in [9.17, 15) is 4.79 Å². The van der Waals surface area contributed by atoms with Crippen molar-refractivity contribution >= 4 is 11.6 Å². The molecule has 1 rings (SSSR count). The molecular weight excluding hydrogens is 218 g/mol. The number of ether oxygens (including phenoxy) is 1. The Bertz CT molecular complexity index is 380. The Morgan fingerprint density at radius 3 is 2.88 bits per heavy atom. The second-order valence-corrected chi connectivity index (χ2v) is 4.03. The molecule has 3 N–H and O–H groups in total. The van der Waals surface area contributed by atoms with Crippen LogP contribution in [0.2, 0.25) is 0 Å². The summed E-state index contributed by atoms with van der Waals surface area (Å²) in [5, 5.41) is 2.72. The summed E-state index contributed by atoms with van der Waals surface area (Å²) in [6.45, 7) is 5.66. The van der Waals surface area contributed by atoms with Gasteiger partial charge in [0.2, 0.25) is 11.8 Å². The molecule has 5 nitrogen and oxygen atoms in total. The SMILES string of the molecule is CC[C@@H](N)C(=O)Nc1cccnc1OC(C)C. The first kappa shape index (κ1) is 13.4. The van der Waals surface area contributed by atoms with Crippen molar-refractivity contribution < 1.29 is 9.53 Å². The van der Waals surface area contributed by atoms with Gasteiger partial charge in [-0.3, -0.25) is 4.79 Å². The molecule has 1 aromatic heterocycles. The highest BCUT2D eigenvalue weighted by Crippen LogP contribution is 2.21. The number of amides is 1. The molecule has 0 aliphatic heterocycles. The molecule has 0 bridgehead atoms. The zero-order chi connectivity index (χ0) is 12.8. The molecule has 1 atom stereocenters. The smallest absolute Gasteiger partial charge is 0.241 e.